The number of benzene rings is 1. The molecule has 8 heteroatoms. The van der Waals surface area contributed by atoms with Crippen molar-refractivity contribution in [1.29, 1.82) is 0 Å². The largest absolute Gasteiger partial charge is 0.496 e. The summed E-state index contributed by atoms with van der Waals surface area (Å²) in [5.74, 6) is 0.264. The normalized spacial score (nSPS) is 18.7. The first-order valence-corrected chi connectivity index (χ1v) is 9.90. The SMILES string of the molecule is COc1ccccc1C(=O)[C@H]1CCCN(S(=O)(=O)c2c(C)noc2C)C1. The van der Waals surface area contributed by atoms with Gasteiger partial charge in [-0.05, 0) is 38.8 Å². The minimum Gasteiger partial charge on any atom is -0.496 e. The Morgan fingerprint density at radius 1 is 1.31 bits per heavy atom. The van der Waals surface area contributed by atoms with Crippen molar-refractivity contribution < 1.29 is 22.5 Å². The predicted octanol–water partition coefficient (Wildman–Crippen LogP) is 2.58. The van der Waals surface area contributed by atoms with Gasteiger partial charge in [0.05, 0.1) is 12.7 Å². The van der Waals surface area contributed by atoms with E-state index >= 15 is 0 Å². The van der Waals surface area contributed by atoms with E-state index in [1.165, 1.54) is 11.4 Å². The zero-order valence-electron chi connectivity index (χ0n) is 15.1. The van der Waals surface area contributed by atoms with Gasteiger partial charge in [-0.3, -0.25) is 4.79 Å². The third-order valence-corrected chi connectivity index (χ3v) is 6.80. The summed E-state index contributed by atoms with van der Waals surface area (Å²) in [5.41, 5.74) is 0.817. The number of hydrogen-bond acceptors (Lipinski definition) is 6. The van der Waals surface area contributed by atoms with Crippen LogP contribution >= 0.6 is 0 Å². The molecule has 0 unspecified atom stereocenters. The predicted molar refractivity (Wildman–Crippen MR) is 94.8 cm³/mol. The summed E-state index contributed by atoms with van der Waals surface area (Å²) in [6.45, 7) is 3.70. The molecule has 1 atom stereocenters. The topological polar surface area (TPSA) is 89.7 Å². The van der Waals surface area contributed by atoms with Gasteiger partial charge in [0.1, 0.15) is 16.3 Å². The first-order chi connectivity index (χ1) is 12.4. The Morgan fingerprint density at radius 2 is 2.04 bits per heavy atom. The van der Waals surface area contributed by atoms with Crippen LogP contribution in [0.3, 0.4) is 0 Å². The van der Waals surface area contributed by atoms with E-state index in [2.05, 4.69) is 5.16 Å². The number of methoxy groups -OCH3 is 1. The number of rotatable bonds is 5. The quantitative estimate of drug-likeness (QED) is 0.743. The fourth-order valence-corrected chi connectivity index (χ4v) is 5.23. The standard InChI is InChI=1S/C18H22N2O5S/c1-12-18(13(2)25-19-12)26(22,23)20-10-6-7-14(11-20)17(21)15-8-4-5-9-16(15)24-3/h4-5,8-9,14H,6-7,10-11H2,1-3H3/t14-/m0/s1. The second-order valence-electron chi connectivity index (χ2n) is 6.42. The van der Waals surface area contributed by atoms with Crippen LogP contribution in [0.2, 0.25) is 0 Å². The number of carbonyl (C=O) groups excluding carboxylic acids is 1. The highest BCUT2D eigenvalue weighted by molar-refractivity contribution is 7.89. The molecule has 26 heavy (non-hydrogen) atoms. The van der Waals surface area contributed by atoms with Crippen LogP contribution in [0.5, 0.6) is 5.75 Å². The van der Waals surface area contributed by atoms with Crippen molar-refractivity contribution in [2.45, 2.75) is 31.6 Å². The number of ether oxygens (including phenoxy) is 1. The van der Waals surface area contributed by atoms with Crippen molar-refractivity contribution in [2.75, 3.05) is 20.2 Å². The van der Waals surface area contributed by atoms with Gasteiger partial charge in [0.25, 0.3) is 0 Å². The van der Waals surface area contributed by atoms with Gasteiger partial charge in [-0.2, -0.15) is 4.31 Å². The van der Waals surface area contributed by atoms with Crippen LogP contribution in [0, 0.1) is 19.8 Å². The molecule has 140 valence electrons. The van der Waals surface area contributed by atoms with Crippen LogP contribution in [0.4, 0.5) is 0 Å². The molecule has 2 aromatic rings. The lowest BCUT2D eigenvalue weighted by Crippen LogP contribution is -2.42. The van der Waals surface area contributed by atoms with Crippen molar-refractivity contribution in [2.24, 2.45) is 5.92 Å². The molecule has 1 aromatic heterocycles. The third-order valence-electron chi connectivity index (χ3n) is 4.69. The molecule has 0 amide bonds. The molecule has 0 N–H and O–H groups in total. The molecule has 0 radical (unpaired) electrons. The maximum atomic E-state index is 13.0. The van der Waals surface area contributed by atoms with Crippen LogP contribution in [0.15, 0.2) is 33.7 Å². The molecule has 3 rings (SSSR count). The van der Waals surface area contributed by atoms with Gasteiger partial charge in [0.2, 0.25) is 10.0 Å². The number of ketones is 1. The minimum atomic E-state index is -3.75. The molecule has 1 aromatic carbocycles. The first-order valence-electron chi connectivity index (χ1n) is 8.46. The number of Topliss-reactive ketones (excluding diaryl/α,β-unsaturated/α-hetero) is 1. The number of aromatic nitrogens is 1. The van der Waals surface area contributed by atoms with Crippen LogP contribution in [0.1, 0.15) is 34.7 Å². The van der Waals surface area contributed by atoms with E-state index in [9.17, 15) is 13.2 Å². The van der Waals surface area contributed by atoms with Crippen LogP contribution in [0.25, 0.3) is 0 Å². The van der Waals surface area contributed by atoms with E-state index in [0.29, 0.717) is 36.4 Å². The lowest BCUT2D eigenvalue weighted by atomic mass is 9.90. The summed E-state index contributed by atoms with van der Waals surface area (Å²) in [6, 6.07) is 7.01. The van der Waals surface area contributed by atoms with Gasteiger partial charge in [-0.1, -0.05) is 17.3 Å². The Bertz CT molecular complexity index is 900. The Hall–Kier alpha value is -2.19. The van der Waals surface area contributed by atoms with Crippen LogP contribution < -0.4 is 4.74 Å². The lowest BCUT2D eigenvalue weighted by molar-refractivity contribution is 0.0869. The van der Waals surface area contributed by atoms with Crippen molar-refractivity contribution in [3.63, 3.8) is 0 Å². The average Bonchev–Trinajstić information content (AvgIpc) is 3.00. The fraction of sp³-hybridized carbons (Fsp3) is 0.444. The van der Waals surface area contributed by atoms with Crippen LogP contribution in [-0.4, -0.2) is 43.9 Å². The third kappa shape index (κ3) is 3.26. The highest BCUT2D eigenvalue weighted by Gasteiger charge is 2.37. The summed E-state index contributed by atoms with van der Waals surface area (Å²) in [7, 11) is -2.24. The van der Waals surface area contributed by atoms with Gasteiger partial charge in [-0.25, -0.2) is 8.42 Å². The second-order valence-corrected chi connectivity index (χ2v) is 8.29. The number of piperidine rings is 1. The highest BCUT2D eigenvalue weighted by atomic mass is 32.2. The van der Waals surface area contributed by atoms with Gasteiger partial charge in [0, 0.05) is 19.0 Å². The summed E-state index contributed by atoms with van der Waals surface area (Å²) in [4.78, 5) is 13.0. The fourth-order valence-electron chi connectivity index (χ4n) is 3.41. The Balaban J connectivity index is 1.87. The molecule has 0 spiro atoms. The number of aryl methyl sites for hydroxylation is 2. The number of sulfonamides is 1. The number of carbonyl (C=O) groups is 1. The number of nitrogens with zero attached hydrogens (tertiary/aromatic N) is 2. The maximum Gasteiger partial charge on any atom is 0.248 e. The van der Waals surface area contributed by atoms with Gasteiger partial charge in [0.15, 0.2) is 11.5 Å². The van der Waals surface area contributed by atoms with E-state index in [-0.39, 0.29) is 23.0 Å². The summed E-state index contributed by atoms with van der Waals surface area (Å²) >= 11 is 0. The molecule has 1 fully saturated rings. The monoisotopic (exact) mass is 378 g/mol. The molecular formula is C18H22N2O5S. The molecule has 2 heterocycles. The lowest BCUT2D eigenvalue weighted by Gasteiger charge is -2.31. The molecule has 1 aliphatic heterocycles. The maximum absolute atomic E-state index is 13.0. The molecule has 0 bridgehead atoms. The van der Waals surface area contributed by atoms with Crippen molar-refractivity contribution in [3.8, 4) is 5.75 Å². The molecule has 1 saturated heterocycles. The second kappa shape index (κ2) is 7.20. The molecule has 0 aliphatic carbocycles. The molecule has 1 aliphatic rings. The van der Waals surface area contributed by atoms with Crippen LogP contribution in [-0.2, 0) is 10.0 Å². The molecular weight excluding hydrogens is 356 g/mol. The molecule has 7 nitrogen and oxygen atoms in total. The summed E-state index contributed by atoms with van der Waals surface area (Å²) in [6.07, 6.45) is 1.26. The Morgan fingerprint density at radius 3 is 2.69 bits per heavy atom. The van der Waals surface area contributed by atoms with Gasteiger partial charge in [-0.15, -0.1) is 0 Å². The summed E-state index contributed by atoms with van der Waals surface area (Å²) in [5, 5.41) is 3.74. The summed E-state index contributed by atoms with van der Waals surface area (Å²) < 4.78 is 37.7. The average molecular weight is 378 g/mol. The number of para-hydroxylation sites is 1. The minimum absolute atomic E-state index is 0.0962. The van der Waals surface area contributed by atoms with Gasteiger partial charge >= 0.3 is 0 Å². The zero-order chi connectivity index (χ0) is 18.9. The number of hydrogen-bond donors (Lipinski definition) is 0. The molecule has 0 saturated carbocycles. The van der Waals surface area contributed by atoms with Crippen molar-refractivity contribution in [1.82, 2.24) is 9.46 Å². The van der Waals surface area contributed by atoms with Gasteiger partial charge < -0.3 is 9.26 Å². The van der Waals surface area contributed by atoms with E-state index in [1.807, 2.05) is 0 Å². The van der Waals surface area contributed by atoms with Crippen molar-refractivity contribution >= 4 is 15.8 Å². The highest BCUT2D eigenvalue weighted by Crippen LogP contribution is 2.30. The van der Waals surface area contributed by atoms with E-state index < -0.39 is 15.9 Å². The van der Waals surface area contributed by atoms with E-state index in [4.69, 9.17) is 9.26 Å². The first kappa shape index (κ1) is 18.6. The van der Waals surface area contributed by atoms with Crippen molar-refractivity contribution in [3.05, 3.63) is 41.3 Å². The van der Waals surface area contributed by atoms with E-state index in [0.717, 1.165) is 0 Å². The smallest absolute Gasteiger partial charge is 0.248 e. The Labute approximate surface area is 153 Å². The zero-order valence-corrected chi connectivity index (χ0v) is 15.9. The van der Waals surface area contributed by atoms with E-state index in [1.54, 1.807) is 38.1 Å². The Kier molecular flexibility index (Phi) is 5.15.